The van der Waals surface area contributed by atoms with Crippen LogP contribution in [0.4, 0.5) is 5.69 Å². The predicted octanol–water partition coefficient (Wildman–Crippen LogP) is 9.11. The minimum absolute atomic E-state index is 0.0956. The van der Waals surface area contributed by atoms with Crippen molar-refractivity contribution in [1.82, 2.24) is 18.9 Å². The molecule has 0 bridgehead atoms. The summed E-state index contributed by atoms with van der Waals surface area (Å²) in [5.41, 5.74) is 9.86. The van der Waals surface area contributed by atoms with Gasteiger partial charge in [-0.3, -0.25) is 14.3 Å². The van der Waals surface area contributed by atoms with Crippen LogP contribution in [-0.4, -0.2) is 61.6 Å². The lowest BCUT2D eigenvalue weighted by molar-refractivity contribution is -0.140. The first-order chi connectivity index (χ1) is 26.6. The Balaban J connectivity index is 1.39. The van der Waals surface area contributed by atoms with E-state index in [0.717, 1.165) is 66.4 Å². The van der Waals surface area contributed by atoms with Gasteiger partial charge in [-0.25, -0.2) is 4.79 Å². The zero-order chi connectivity index (χ0) is 40.3. The Kier molecular flexibility index (Phi) is 10.4. The van der Waals surface area contributed by atoms with Crippen molar-refractivity contribution < 1.29 is 29.0 Å². The highest BCUT2D eigenvalue weighted by Gasteiger charge is 2.38. The normalized spacial score (nSPS) is 14.2. The van der Waals surface area contributed by atoms with Crippen LogP contribution in [0.5, 0.6) is 5.75 Å². The Hall–Kier alpha value is -5.26. The van der Waals surface area contributed by atoms with E-state index in [0.29, 0.717) is 59.7 Å². The zero-order valence-corrected chi connectivity index (χ0v) is 34.4. The summed E-state index contributed by atoms with van der Waals surface area (Å²) in [5.74, 6) is -0.938. The van der Waals surface area contributed by atoms with Crippen molar-refractivity contribution in [3.8, 4) is 16.9 Å². The van der Waals surface area contributed by atoms with Crippen molar-refractivity contribution >= 4 is 68.5 Å². The highest BCUT2D eigenvalue weighted by atomic mass is 35.5. The number of benzene rings is 3. The summed E-state index contributed by atoms with van der Waals surface area (Å²) in [7, 11) is 3.61. The summed E-state index contributed by atoms with van der Waals surface area (Å²) in [5, 5.41) is 17.7. The molecule has 0 spiro atoms. The van der Waals surface area contributed by atoms with Crippen molar-refractivity contribution in [3.05, 3.63) is 97.5 Å². The molecular formula is C43H45Cl2N5O6. The quantitative estimate of drug-likeness (QED) is 0.103. The number of carboxylic acids is 1. The minimum Gasteiger partial charge on any atom is -0.494 e. The van der Waals surface area contributed by atoms with Crippen LogP contribution in [0, 0.1) is 27.7 Å². The first kappa shape index (κ1) is 39.0. The van der Waals surface area contributed by atoms with Crippen molar-refractivity contribution in [2.24, 2.45) is 14.1 Å². The van der Waals surface area contributed by atoms with Gasteiger partial charge >= 0.3 is 11.9 Å². The smallest absolute Gasteiger partial charge is 0.352 e. The van der Waals surface area contributed by atoms with Gasteiger partial charge in [0.1, 0.15) is 17.1 Å². The van der Waals surface area contributed by atoms with Gasteiger partial charge in [-0.1, -0.05) is 29.3 Å². The number of carboxylic acid groups (broad SMARTS) is 1. The maximum absolute atomic E-state index is 15.3. The first-order valence-corrected chi connectivity index (χ1v) is 19.4. The van der Waals surface area contributed by atoms with E-state index in [1.54, 1.807) is 22.6 Å². The minimum atomic E-state index is -1.08. The van der Waals surface area contributed by atoms with E-state index in [1.807, 2.05) is 75.8 Å². The van der Waals surface area contributed by atoms with Crippen LogP contribution in [0.25, 0.3) is 32.9 Å². The Morgan fingerprint density at radius 3 is 2.30 bits per heavy atom. The number of anilines is 1. The van der Waals surface area contributed by atoms with Gasteiger partial charge in [0.05, 0.1) is 40.7 Å². The second kappa shape index (κ2) is 15.0. The lowest BCUT2D eigenvalue weighted by Gasteiger charge is -2.35. The maximum Gasteiger partial charge on any atom is 0.352 e. The molecule has 1 amide bonds. The number of fused-ring (bicyclic) bond motifs is 4. The Morgan fingerprint density at radius 2 is 1.66 bits per heavy atom. The zero-order valence-electron chi connectivity index (χ0n) is 32.8. The molecule has 1 N–H and O–H groups in total. The molecule has 3 aromatic carbocycles. The molecule has 0 saturated heterocycles. The summed E-state index contributed by atoms with van der Waals surface area (Å²) in [6, 6.07) is 13.0. The molecule has 13 heteroatoms. The van der Waals surface area contributed by atoms with Gasteiger partial charge < -0.3 is 28.6 Å². The van der Waals surface area contributed by atoms with E-state index in [1.165, 1.54) is 6.92 Å². The standard InChI is InChI=1S/C43H45Cl2N5O6/c1-22-16-30(17-23(2)38(22)45)56-14-9-10-31-32-11-12-33(44)37(36-25(4)46-48(8)26(36)5)40(32)50-24(3)21-49(42(52)41(31)50)34-19-28(13-15-55-27(6)51)18-29-20-35(43(53)54)47(7)39(29)34/h11-12,16-20,24H,9-10,13-15,21H2,1-8H3,(H,53,54)/t24-/m1/s1. The van der Waals surface area contributed by atoms with Gasteiger partial charge in [0.25, 0.3) is 5.91 Å². The van der Waals surface area contributed by atoms with Gasteiger partial charge in [-0.05, 0) is 106 Å². The number of nitrogens with zero attached hydrogens (tertiary/aromatic N) is 5. The number of carbonyl (C=O) groups excluding carboxylic acids is 2. The molecule has 0 fully saturated rings. The number of esters is 1. The fourth-order valence-electron chi connectivity index (χ4n) is 8.35. The van der Waals surface area contributed by atoms with Gasteiger partial charge in [-0.15, -0.1) is 0 Å². The molecule has 1 atom stereocenters. The molecule has 4 heterocycles. The van der Waals surface area contributed by atoms with Gasteiger partial charge in [0, 0.05) is 72.6 Å². The second-order valence-electron chi connectivity index (χ2n) is 14.8. The molecule has 0 aliphatic carbocycles. The Bertz CT molecular complexity index is 2580. The van der Waals surface area contributed by atoms with Gasteiger partial charge in [0.2, 0.25) is 0 Å². The van der Waals surface area contributed by atoms with Crippen LogP contribution in [0.15, 0.2) is 42.5 Å². The van der Waals surface area contributed by atoms with Crippen molar-refractivity contribution in [3.63, 3.8) is 0 Å². The summed E-state index contributed by atoms with van der Waals surface area (Å²) in [6.07, 6.45) is 1.54. The van der Waals surface area contributed by atoms with Crippen LogP contribution < -0.4 is 9.64 Å². The third-order valence-electron chi connectivity index (χ3n) is 10.9. The fraction of sp³-hybridized carbons (Fsp3) is 0.349. The topological polar surface area (TPSA) is 121 Å². The average molecular weight is 799 g/mol. The molecule has 11 nitrogen and oxygen atoms in total. The maximum atomic E-state index is 15.3. The summed E-state index contributed by atoms with van der Waals surface area (Å²) < 4.78 is 17.1. The molecular weight excluding hydrogens is 753 g/mol. The molecule has 7 rings (SSSR count). The van der Waals surface area contributed by atoms with Crippen LogP contribution in [-0.2, 0) is 36.5 Å². The summed E-state index contributed by atoms with van der Waals surface area (Å²) in [4.78, 5) is 41.0. The van der Waals surface area contributed by atoms with Crippen LogP contribution in [0.3, 0.4) is 0 Å². The van der Waals surface area contributed by atoms with E-state index >= 15 is 4.79 Å². The monoisotopic (exact) mass is 797 g/mol. The van der Waals surface area contributed by atoms with E-state index in [4.69, 9.17) is 37.8 Å². The second-order valence-corrected chi connectivity index (χ2v) is 15.6. The van der Waals surface area contributed by atoms with Crippen LogP contribution in [0.1, 0.15) is 80.9 Å². The summed E-state index contributed by atoms with van der Waals surface area (Å²) in [6.45, 7) is 12.2. The van der Waals surface area contributed by atoms with Gasteiger partial charge in [-0.2, -0.15) is 5.10 Å². The molecule has 56 heavy (non-hydrogen) atoms. The molecule has 0 saturated carbocycles. The number of hydrogen-bond donors (Lipinski definition) is 1. The lowest BCUT2D eigenvalue weighted by atomic mass is 9.98. The van der Waals surface area contributed by atoms with E-state index in [-0.39, 0.29) is 30.2 Å². The van der Waals surface area contributed by atoms with Crippen LogP contribution >= 0.6 is 23.2 Å². The Labute approximate surface area is 335 Å². The van der Waals surface area contributed by atoms with Gasteiger partial charge in [0.15, 0.2) is 0 Å². The number of amides is 1. The highest BCUT2D eigenvalue weighted by molar-refractivity contribution is 6.35. The predicted molar refractivity (Wildman–Crippen MR) is 220 cm³/mol. The molecule has 292 valence electrons. The van der Waals surface area contributed by atoms with E-state index in [2.05, 4.69) is 11.5 Å². The molecule has 6 aromatic rings. The number of rotatable bonds is 11. The lowest BCUT2D eigenvalue weighted by Crippen LogP contribution is -2.43. The SMILES string of the molecule is CC(=O)OCCc1cc(N2C[C@@H](C)n3c(c(CCCOc4cc(C)c(Cl)c(C)c4)c4ccc(Cl)c(-c5c(C)nn(C)c5C)c43)C2=O)c2c(c1)cc(C(=O)O)n2C. The van der Waals surface area contributed by atoms with Crippen molar-refractivity contribution in [2.45, 2.75) is 66.8 Å². The number of aromatic nitrogens is 4. The first-order valence-electron chi connectivity index (χ1n) is 18.6. The number of aromatic carboxylic acids is 1. The Morgan fingerprint density at radius 1 is 0.946 bits per heavy atom. The highest BCUT2D eigenvalue weighted by Crippen LogP contribution is 2.46. The van der Waals surface area contributed by atoms with E-state index in [9.17, 15) is 14.7 Å². The third-order valence-corrected chi connectivity index (χ3v) is 11.8. The van der Waals surface area contributed by atoms with E-state index < -0.39 is 5.97 Å². The summed E-state index contributed by atoms with van der Waals surface area (Å²) >= 11 is 13.5. The molecule has 1 aliphatic rings. The molecule has 1 aliphatic heterocycles. The van der Waals surface area contributed by atoms with Crippen LogP contribution in [0.2, 0.25) is 10.0 Å². The third kappa shape index (κ3) is 6.70. The number of carbonyl (C=O) groups is 3. The molecule has 0 radical (unpaired) electrons. The largest absolute Gasteiger partial charge is 0.494 e. The molecule has 3 aromatic heterocycles. The van der Waals surface area contributed by atoms with Crippen molar-refractivity contribution in [2.75, 3.05) is 24.7 Å². The number of hydrogen-bond acceptors (Lipinski definition) is 6. The number of halogens is 2. The molecule has 0 unspecified atom stereocenters. The fourth-order valence-corrected chi connectivity index (χ4v) is 8.70. The number of ether oxygens (including phenoxy) is 2. The average Bonchev–Trinajstić information content (AvgIpc) is 3.74. The van der Waals surface area contributed by atoms with Crippen molar-refractivity contribution in [1.29, 1.82) is 0 Å². The number of aryl methyl sites for hydroxylation is 6.